The predicted molar refractivity (Wildman–Crippen MR) is 101 cm³/mol. The van der Waals surface area contributed by atoms with E-state index in [-0.39, 0.29) is 29.6 Å². The van der Waals surface area contributed by atoms with Gasteiger partial charge in [0.25, 0.3) is 0 Å². The third-order valence-corrected chi connectivity index (χ3v) is 3.92. The number of phenolic OH excluding ortho intramolecular Hbond substituents is 1. The number of aromatic hydroxyl groups is 1. The fourth-order valence-electron chi connectivity index (χ4n) is 2.58. The average molecular weight is 365 g/mol. The van der Waals surface area contributed by atoms with Gasteiger partial charge >= 0.3 is 5.97 Å². The highest BCUT2D eigenvalue weighted by molar-refractivity contribution is 6.26. The molecule has 0 saturated heterocycles. The highest BCUT2D eigenvalue weighted by atomic mass is 16.5. The van der Waals surface area contributed by atoms with Crippen LogP contribution in [0.2, 0.25) is 0 Å². The number of esters is 1. The lowest BCUT2D eigenvalue weighted by molar-refractivity contribution is -0.139. The minimum atomic E-state index is -0.744. The summed E-state index contributed by atoms with van der Waals surface area (Å²) in [5.41, 5.74) is 1.82. The largest absolute Gasteiger partial charge is 0.508 e. The molecule has 1 aliphatic rings. The molecule has 2 N–H and O–H groups in total. The van der Waals surface area contributed by atoms with E-state index in [0.29, 0.717) is 16.8 Å². The van der Waals surface area contributed by atoms with E-state index in [0.717, 1.165) is 0 Å². The number of nitrogens with one attached hydrogen (secondary N) is 1. The van der Waals surface area contributed by atoms with Gasteiger partial charge in [-0.3, -0.25) is 4.79 Å². The molecule has 1 heterocycles. The van der Waals surface area contributed by atoms with Crippen molar-refractivity contribution in [2.45, 2.75) is 13.8 Å². The maximum Gasteiger partial charge on any atom is 0.347 e. The number of phenols is 1. The van der Waals surface area contributed by atoms with Gasteiger partial charge in [-0.05, 0) is 55.3 Å². The van der Waals surface area contributed by atoms with Crippen molar-refractivity contribution in [3.63, 3.8) is 0 Å². The molecule has 0 unspecified atom stereocenters. The minimum absolute atomic E-state index is 0.00146. The molecule has 2 aromatic carbocycles. The van der Waals surface area contributed by atoms with Gasteiger partial charge in [0, 0.05) is 5.69 Å². The van der Waals surface area contributed by atoms with E-state index in [1.165, 1.54) is 12.1 Å². The van der Waals surface area contributed by atoms with Crippen molar-refractivity contribution in [1.82, 2.24) is 0 Å². The number of hydrogen-bond donors (Lipinski definition) is 2. The Balaban J connectivity index is 1.95. The van der Waals surface area contributed by atoms with Crippen LogP contribution < -0.4 is 5.32 Å². The van der Waals surface area contributed by atoms with E-state index < -0.39 is 11.8 Å². The van der Waals surface area contributed by atoms with E-state index in [4.69, 9.17) is 9.47 Å². The molecule has 0 amide bonds. The average Bonchev–Trinajstić information content (AvgIpc) is 2.94. The molecule has 3 rings (SSSR count). The van der Waals surface area contributed by atoms with Crippen LogP contribution in [0.3, 0.4) is 0 Å². The molecule has 0 radical (unpaired) electrons. The maximum atomic E-state index is 12.7. The Labute approximate surface area is 156 Å². The Hall–Kier alpha value is -3.54. The van der Waals surface area contributed by atoms with Gasteiger partial charge in [-0.2, -0.15) is 0 Å². The van der Waals surface area contributed by atoms with Gasteiger partial charge in [-0.1, -0.05) is 24.3 Å². The van der Waals surface area contributed by atoms with E-state index in [9.17, 15) is 14.7 Å². The fourth-order valence-corrected chi connectivity index (χ4v) is 2.58. The smallest absolute Gasteiger partial charge is 0.347 e. The number of hydrogen-bond acceptors (Lipinski definition) is 6. The normalized spacial score (nSPS) is 15.0. The van der Waals surface area contributed by atoms with Gasteiger partial charge < -0.3 is 19.9 Å². The zero-order valence-electron chi connectivity index (χ0n) is 15.0. The summed E-state index contributed by atoms with van der Waals surface area (Å²) in [5, 5.41) is 12.6. The highest BCUT2D eigenvalue weighted by Gasteiger charge is 2.37. The molecule has 0 spiro atoms. The van der Waals surface area contributed by atoms with Crippen LogP contribution in [0.1, 0.15) is 18.1 Å². The summed E-state index contributed by atoms with van der Waals surface area (Å²) in [7, 11) is 0. The lowest BCUT2D eigenvalue weighted by atomic mass is 10.1. The Morgan fingerprint density at radius 2 is 1.96 bits per heavy atom. The van der Waals surface area contributed by atoms with E-state index >= 15 is 0 Å². The SMILES string of the molecule is CCOC(=O)C1=C(Nc2ccccc2)OC(=Cc2ccc(O)c(C)c2)C1=O. The van der Waals surface area contributed by atoms with Crippen LogP contribution in [0.4, 0.5) is 5.69 Å². The number of benzene rings is 2. The summed E-state index contributed by atoms with van der Waals surface area (Å²) < 4.78 is 10.6. The second-order valence-electron chi connectivity index (χ2n) is 5.90. The molecular weight excluding hydrogens is 346 g/mol. The lowest BCUT2D eigenvalue weighted by Crippen LogP contribution is -2.16. The zero-order valence-corrected chi connectivity index (χ0v) is 15.0. The van der Waals surface area contributed by atoms with Crippen LogP contribution in [0.5, 0.6) is 5.75 Å². The summed E-state index contributed by atoms with van der Waals surface area (Å²) in [6.07, 6.45) is 1.52. The first-order chi connectivity index (χ1) is 13.0. The fraction of sp³-hybridized carbons (Fsp3) is 0.143. The van der Waals surface area contributed by atoms with E-state index in [2.05, 4.69) is 5.32 Å². The second kappa shape index (κ2) is 7.78. The first-order valence-corrected chi connectivity index (χ1v) is 8.47. The Morgan fingerprint density at radius 1 is 1.22 bits per heavy atom. The summed E-state index contributed by atoms with van der Waals surface area (Å²) in [6.45, 7) is 3.56. The molecule has 138 valence electrons. The first kappa shape index (κ1) is 18.3. The maximum absolute atomic E-state index is 12.7. The van der Waals surface area contributed by atoms with Gasteiger partial charge in [0.1, 0.15) is 5.75 Å². The summed E-state index contributed by atoms with van der Waals surface area (Å²) in [4.78, 5) is 25.0. The van der Waals surface area contributed by atoms with E-state index in [1.54, 1.807) is 38.1 Å². The molecule has 0 atom stereocenters. The van der Waals surface area contributed by atoms with Crippen LogP contribution in [-0.2, 0) is 19.1 Å². The van der Waals surface area contributed by atoms with Crippen molar-refractivity contribution in [1.29, 1.82) is 0 Å². The predicted octanol–water partition coefficient (Wildman–Crippen LogP) is 3.53. The van der Waals surface area contributed by atoms with Crippen LogP contribution in [0.25, 0.3) is 6.08 Å². The topological polar surface area (TPSA) is 84.9 Å². The van der Waals surface area contributed by atoms with Gasteiger partial charge in [0.2, 0.25) is 11.7 Å². The zero-order chi connectivity index (χ0) is 19.4. The number of Topliss-reactive ketones (excluding diaryl/α,β-unsaturated/α-hetero) is 1. The number of ketones is 1. The monoisotopic (exact) mass is 365 g/mol. The molecule has 0 aromatic heterocycles. The number of ether oxygens (including phenoxy) is 2. The number of anilines is 1. The van der Waals surface area contributed by atoms with Crippen molar-refractivity contribution in [3.05, 3.63) is 76.9 Å². The lowest BCUT2D eigenvalue weighted by Gasteiger charge is -2.08. The van der Waals surface area contributed by atoms with Crippen molar-refractivity contribution in [3.8, 4) is 5.75 Å². The molecule has 2 aromatic rings. The van der Waals surface area contributed by atoms with Crippen LogP contribution >= 0.6 is 0 Å². The van der Waals surface area contributed by atoms with Crippen molar-refractivity contribution < 1.29 is 24.2 Å². The molecule has 0 aliphatic carbocycles. The summed E-state index contributed by atoms with van der Waals surface area (Å²) >= 11 is 0. The third kappa shape index (κ3) is 4.00. The van der Waals surface area contributed by atoms with Crippen LogP contribution in [-0.4, -0.2) is 23.5 Å². The second-order valence-corrected chi connectivity index (χ2v) is 5.90. The van der Waals surface area contributed by atoms with Crippen LogP contribution in [0, 0.1) is 6.92 Å². The Morgan fingerprint density at radius 3 is 2.63 bits per heavy atom. The molecule has 1 aliphatic heterocycles. The molecular formula is C21H19NO5. The molecule has 0 fully saturated rings. The first-order valence-electron chi connectivity index (χ1n) is 8.47. The highest BCUT2D eigenvalue weighted by Crippen LogP contribution is 2.29. The van der Waals surface area contributed by atoms with Crippen molar-refractivity contribution in [2.75, 3.05) is 11.9 Å². The summed E-state index contributed by atoms with van der Waals surface area (Å²) in [6, 6.07) is 14.0. The van der Waals surface area contributed by atoms with Crippen molar-refractivity contribution >= 4 is 23.5 Å². The van der Waals surface area contributed by atoms with E-state index in [1.807, 2.05) is 18.2 Å². The number of allylic oxidation sites excluding steroid dienone is 1. The van der Waals surface area contributed by atoms with Crippen molar-refractivity contribution in [2.24, 2.45) is 0 Å². The Kier molecular flexibility index (Phi) is 5.26. The van der Waals surface area contributed by atoms with Gasteiger partial charge in [-0.15, -0.1) is 0 Å². The third-order valence-electron chi connectivity index (χ3n) is 3.92. The number of rotatable bonds is 5. The number of carbonyl (C=O) groups excluding carboxylic acids is 2. The van der Waals surface area contributed by atoms with Crippen LogP contribution in [0.15, 0.2) is 65.7 Å². The van der Waals surface area contributed by atoms with Gasteiger partial charge in [0.15, 0.2) is 11.3 Å². The molecule has 6 nitrogen and oxygen atoms in total. The van der Waals surface area contributed by atoms with Gasteiger partial charge in [0.05, 0.1) is 6.61 Å². The summed E-state index contributed by atoms with van der Waals surface area (Å²) in [5.74, 6) is -1.11. The minimum Gasteiger partial charge on any atom is -0.508 e. The molecule has 0 saturated carbocycles. The number of para-hydroxylation sites is 1. The Bertz CT molecular complexity index is 944. The van der Waals surface area contributed by atoms with Gasteiger partial charge in [-0.25, -0.2) is 4.79 Å². The number of carbonyl (C=O) groups is 2. The molecule has 6 heteroatoms. The quantitative estimate of drug-likeness (QED) is 0.479. The molecule has 0 bridgehead atoms. The number of aryl methyl sites for hydroxylation is 1. The molecule has 27 heavy (non-hydrogen) atoms. The standard InChI is InChI=1S/C21H19NO5/c1-3-26-21(25)18-19(24)17(12-14-9-10-16(23)13(2)11-14)27-20(18)22-15-7-5-4-6-8-15/h4-12,22-23H,3H2,1-2H3.